The molecule has 0 heterocycles. The van der Waals surface area contributed by atoms with Crippen LogP contribution in [-0.2, 0) is 0 Å². The minimum Gasteiger partial charge on any atom is -0.507 e. The maximum atomic E-state index is 10.0. The van der Waals surface area contributed by atoms with E-state index in [2.05, 4.69) is 17.7 Å². The Kier molecular flexibility index (Phi) is 5.35. The molecule has 0 fully saturated rings. The lowest BCUT2D eigenvalue weighted by molar-refractivity contribution is 0.477. The van der Waals surface area contributed by atoms with E-state index in [-0.39, 0.29) is 5.75 Å². The quantitative estimate of drug-likeness (QED) is 0.600. The van der Waals surface area contributed by atoms with Crippen LogP contribution in [0, 0.1) is 6.92 Å². The highest BCUT2D eigenvalue weighted by atomic mass is 35.5. The molecule has 0 amide bonds. The Labute approximate surface area is 129 Å². The second-order valence-electron chi connectivity index (χ2n) is 4.61. The minimum atomic E-state index is 0.213. The summed E-state index contributed by atoms with van der Waals surface area (Å²) in [6, 6.07) is 11.3. The van der Waals surface area contributed by atoms with E-state index in [1.165, 1.54) is 0 Å². The third-order valence-corrected chi connectivity index (χ3v) is 4.15. The molecule has 0 radical (unpaired) electrons. The number of hydrogen-bond acceptors (Lipinski definition) is 3. The zero-order chi connectivity index (χ0) is 14.5. The first-order chi connectivity index (χ1) is 9.63. The molecule has 0 aliphatic heterocycles. The van der Waals surface area contributed by atoms with Crippen LogP contribution in [0.3, 0.4) is 0 Å². The highest BCUT2D eigenvalue weighted by molar-refractivity contribution is 7.97. The third-order valence-electron chi connectivity index (χ3n) is 3.00. The van der Waals surface area contributed by atoms with Crippen LogP contribution in [0.4, 0.5) is 0 Å². The summed E-state index contributed by atoms with van der Waals surface area (Å²) in [7, 11) is 0. The van der Waals surface area contributed by atoms with Crippen molar-refractivity contribution in [3.8, 4) is 16.9 Å². The van der Waals surface area contributed by atoms with Crippen LogP contribution in [0.5, 0.6) is 5.75 Å². The monoisotopic (exact) mass is 307 g/mol. The predicted octanol–water partition coefficient (Wildman–Crippen LogP) is 5.03. The molecule has 0 unspecified atom stereocenters. The fraction of sp³-hybridized carbons (Fsp3) is 0.250. The van der Waals surface area contributed by atoms with Crippen molar-refractivity contribution in [2.45, 2.75) is 25.2 Å². The Balaban J connectivity index is 2.30. The zero-order valence-electron chi connectivity index (χ0n) is 11.6. The molecule has 0 saturated carbocycles. The van der Waals surface area contributed by atoms with Gasteiger partial charge >= 0.3 is 0 Å². The molecule has 0 bridgehead atoms. The lowest BCUT2D eigenvalue weighted by Gasteiger charge is -2.12. The lowest BCUT2D eigenvalue weighted by Crippen LogP contribution is -2.03. The lowest BCUT2D eigenvalue weighted by atomic mass is 10.00. The van der Waals surface area contributed by atoms with Crippen LogP contribution >= 0.6 is 23.5 Å². The molecule has 2 N–H and O–H groups in total. The zero-order valence-corrected chi connectivity index (χ0v) is 13.2. The molecule has 106 valence electrons. The van der Waals surface area contributed by atoms with Gasteiger partial charge in [0.2, 0.25) is 0 Å². The molecule has 2 rings (SSSR count). The summed E-state index contributed by atoms with van der Waals surface area (Å²) < 4.78 is 3.30. The minimum absolute atomic E-state index is 0.213. The normalized spacial score (nSPS) is 10.8. The van der Waals surface area contributed by atoms with Crippen molar-refractivity contribution in [3.05, 3.63) is 47.0 Å². The number of halogens is 1. The van der Waals surface area contributed by atoms with Crippen molar-refractivity contribution in [1.82, 2.24) is 4.72 Å². The number of phenols is 1. The largest absolute Gasteiger partial charge is 0.507 e. The van der Waals surface area contributed by atoms with Crippen LogP contribution in [-0.4, -0.2) is 11.7 Å². The van der Waals surface area contributed by atoms with Crippen LogP contribution in [0.2, 0.25) is 5.02 Å². The van der Waals surface area contributed by atoms with Crippen molar-refractivity contribution < 1.29 is 5.11 Å². The summed E-state index contributed by atoms with van der Waals surface area (Å²) in [5.74, 6) is 0.213. The molecule has 0 saturated heterocycles. The number of benzene rings is 2. The topological polar surface area (TPSA) is 32.3 Å². The first-order valence-corrected chi connectivity index (χ1v) is 7.81. The van der Waals surface area contributed by atoms with Gasteiger partial charge in [-0.05, 0) is 60.7 Å². The van der Waals surface area contributed by atoms with Gasteiger partial charge in [-0.2, -0.15) is 0 Å². The van der Waals surface area contributed by atoms with Gasteiger partial charge in [0.15, 0.2) is 0 Å². The van der Waals surface area contributed by atoms with Crippen LogP contribution in [0.15, 0.2) is 41.3 Å². The van der Waals surface area contributed by atoms with Gasteiger partial charge in [-0.15, -0.1) is 0 Å². The molecule has 2 nitrogen and oxygen atoms in total. The molecule has 0 aromatic heterocycles. The van der Waals surface area contributed by atoms with Crippen molar-refractivity contribution in [2.75, 3.05) is 6.54 Å². The smallest absolute Gasteiger partial charge is 0.124 e. The van der Waals surface area contributed by atoms with Gasteiger partial charge in [-0.3, -0.25) is 4.72 Å². The Morgan fingerprint density at radius 2 is 2.05 bits per heavy atom. The van der Waals surface area contributed by atoms with Crippen molar-refractivity contribution >= 4 is 23.5 Å². The average molecular weight is 308 g/mol. The number of rotatable bonds is 5. The Morgan fingerprint density at radius 1 is 1.25 bits per heavy atom. The number of aromatic hydroxyl groups is 1. The van der Waals surface area contributed by atoms with E-state index in [1.54, 1.807) is 30.1 Å². The molecule has 0 aliphatic rings. The summed E-state index contributed by atoms with van der Waals surface area (Å²) in [6.07, 6.45) is 1.11. The second kappa shape index (κ2) is 7.02. The Hall–Kier alpha value is -1.16. The van der Waals surface area contributed by atoms with Gasteiger partial charge in [0.25, 0.3) is 0 Å². The van der Waals surface area contributed by atoms with Crippen LogP contribution in [0.25, 0.3) is 11.1 Å². The Morgan fingerprint density at radius 3 is 2.70 bits per heavy atom. The summed E-state index contributed by atoms with van der Waals surface area (Å²) in [6.45, 7) is 5.15. The molecular weight excluding hydrogens is 290 g/mol. The van der Waals surface area contributed by atoms with E-state index in [9.17, 15) is 5.11 Å². The van der Waals surface area contributed by atoms with Crippen molar-refractivity contribution in [2.24, 2.45) is 0 Å². The maximum Gasteiger partial charge on any atom is 0.124 e. The van der Waals surface area contributed by atoms with Crippen molar-refractivity contribution in [3.63, 3.8) is 0 Å². The highest BCUT2D eigenvalue weighted by Gasteiger charge is 2.11. The standard InChI is InChI=1S/C16H18ClNOS/c1-3-9-18-20-12-7-8-13(11(2)10-12)16-14(17)5-4-6-15(16)19/h4-8,10,18-19H,3,9H2,1-2H3. The summed E-state index contributed by atoms with van der Waals surface area (Å²) in [5, 5.41) is 10.6. The number of aryl methyl sites for hydroxylation is 1. The summed E-state index contributed by atoms with van der Waals surface area (Å²) in [4.78, 5) is 1.16. The maximum absolute atomic E-state index is 10.0. The molecule has 2 aromatic rings. The van der Waals surface area contributed by atoms with E-state index in [0.717, 1.165) is 29.0 Å². The number of hydrogen-bond donors (Lipinski definition) is 2. The molecule has 0 atom stereocenters. The number of nitrogens with one attached hydrogen (secondary N) is 1. The average Bonchev–Trinajstić information content (AvgIpc) is 2.41. The third kappa shape index (κ3) is 3.48. The highest BCUT2D eigenvalue weighted by Crippen LogP contribution is 2.38. The van der Waals surface area contributed by atoms with E-state index in [4.69, 9.17) is 11.6 Å². The van der Waals surface area contributed by atoms with E-state index < -0.39 is 0 Å². The molecule has 20 heavy (non-hydrogen) atoms. The fourth-order valence-corrected chi connectivity index (χ4v) is 3.11. The first-order valence-electron chi connectivity index (χ1n) is 6.61. The van der Waals surface area contributed by atoms with Crippen LogP contribution in [0.1, 0.15) is 18.9 Å². The van der Waals surface area contributed by atoms with Gasteiger partial charge in [0, 0.05) is 17.0 Å². The van der Waals surface area contributed by atoms with Gasteiger partial charge in [0.05, 0.1) is 5.02 Å². The Bertz CT molecular complexity index is 581. The molecule has 0 aliphatic carbocycles. The SMILES string of the molecule is CCCNSc1ccc(-c2c(O)cccc2Cl)c(C)c1. The van der Waals surface area contributed by atoms with E-state index in [0.29, 0.717) is 10.6 Å². The fourth-order valence-electron chi connectivity index (χ4n) is 2.00. The predicted molar refractivity (Wildman–Crippen MR) is 87.4 cm³/mol. The second-order valence-corrected chi connectivity index (χ2v) is 5.98. The van der Waals surface area contributed by atoms with E-state index in [1.807, 2.05) is 19.1 Å². The van der Waals surface area contributed by atoms with Crippen molar-refractivity contribution in [1.29, 1.82) is 0 Å². The van der Waals surface area contributed by atoms with Gasteiger partial charge < -0.3 is 5.11 Å². The summed E-state index contributed by atoms with van der Waals surface area (Å²) >= 11 is 7.83. The molecule has 2 aromatic carbocycles. The van der Waals surface area contributed by atoms with Gasteiger partial charge in [0.1, 0.15) is 5.75 Å². The molecular formula is C16H18ClNOS. The van der Waals surface area contributed by atoms with E-state index >= 15 is 0 Å². The number of phenolic OH excluding ortho intramolecular Hbond substituents is 1. The summed E-state index contributed by atoms with van der Waals surface area (Å²) in [5.41, 5.74) is 2.76. The molecule has 0 spiro atoms. The molecule has 4 heteroatoms. The van der Waals surface area contributed by atoms with Crippen LogP contribution < -0.4 is 4.72 Å². The van der Waals surface area contributed by atoms with Gasteiger partial charge in [-0.1, -0.05) is 30.7 Å². The van der Waals surface area contributed by atoms with Gasteiger partial charge in [-0.25, -0.2) is 0 Å². The first kappa shape index (κ1) is 15.2.